The zero-order chi connectivity index (χ0) is 22.9. The minimum absolute atomic E-state index is 0.0141. The van der Waals surface area contributed by atoms with E-state index in [9.17, 15) is 23.8 Å². The fourth-order valence-corrected chi connectivity index (χ4v) is 4.88. The van der Waals surface area contributed by atoms with Crippen LogP contribution in [0.4, 0.5) is 11.4 Å². The number of para-hydroxylation sites is 1. The first-order chi connectivity index (χ1) is 15.3. The van der Waals surface area contributed by atoms with Gasteiger partial charge >= 0.3 is 0 Å². The average Bonchev–Trinajstić information content (AvgIpc) is 3.24. The number of hydrogen-bond acceptors (Lipinski definition) is 6. The number of rotatable bonds is 6. The van der Waals surface area contributed by atoms with Crippen LogP contribution in [0.15, 0.2) is 83.9 Å². The lowest BCUT2D eigenvalue weighted by atomic mass is 10.1. The van der Waals surface area contributed by atoms with Crippen molar-refractivity contribution in [3.05, 3.63) is 100 Å². The third kappa shape index (κ3) is 3.79. The number of benzene rings is 3. The van der Waals surface area contributed by atoms with Crippen molar-refractivity contribution in [1.82, 2.24) is 3.97 Å². The van der Waals surface area contributed by atoms with Crippen LogP contribution in [-0.4, -0.2) is 24.4 Å². The van der Waals surface area contributed by atoms with Crippen LogP contribution in [0.5, 0.6) is 0 Å². The number of nitrogens with zero attached hydrogens (tertiary/aromatic N) is 4. The van der Waals surface area contributed by atoms with Gasteiger partial charge < -0.3 is 4.90 Å². The molecule has 4 rings (SSSR count). The Bertz CT molecular complexity index is 1470. The summed E-state index contributed by atoms with van der Waals surface area (Å²) in [4.78, 5) is 12.4. The largest absolute Gasteiger partial charge is 0.370 e. The minimum atomic E-state index is -3.74. The minimum Gasteiger partial charge on any atom is -0.370 e. The summed E-state index contributed by atoms with van der Waals surface area (Å²) in [5, 5.41) is 21.0. The smallest absolute Gasteiger partial charge is 0.287 e. The molecule has 1 heterocycles. The van der Waals surface area contributed by atoms with Crippen LogP contribution in [0.25, 0.3) is 10.9 Å². The summed E-state index contributed by atoms with van der Waals surface area (Å²) in [6, 6.07) is 21.8. The fraction of sp³-hybridized carbons (Fsp3) is 0.0870. The van der Waals surface area contributed by atoms with E-state index >= 15 is 0 Å². The van der Waals surface area contributed by atoms with Crippen LogP contribution in [-0.2, 0) is 16.6 Å². The molecule has 32 heavy (non-hydrogen) atoms. The van der Waals surface area contributed by atoms with Crippen LogP contribution >= 0.6 is 0 Å². The van der Waals surface area contributed by atoms with Gasteiger partial charge in [-0.25, -0.2) is 12.4 Å². The van der Waals surface area contributed by atoms with E-state index in [0.717, 1.165) is 10.9 Å². The molecule has 3 aromatic carbocycles. The summed E-state index contributed by atoms with van der Waals surface area (Å²) in [7, 11) is -1.95. The molecule has 8 nitrogen and oxygen atoms in total. The first-order valence-electron chi connectivity index (χ1n) is 9.61. The number of aromatic nitrogens is 1. The number of nitro groups is 1. The van der Waals surface area contributed by atoms with Gasteiger partial charge in [0.05, 0.1) is 15.3 Å². The van der Waals surface area contributed by atoms with E-state index < -0.39 is 14.9 Å². The second-order valence-electron chi connectivity index (χ2n) is 7.25. The molecule has 0 radical (unpaired) electrons. The second kappa shape index (κ2) is 8.17. The predicted molar refractivity (Wildman–Crippen MR) is 121 cm³/mol. The summed E-state index contributed by atoms with van der Waals surface area (Å²) in [5.41, 5.74) is 1.85. The first kappa shape index (κ1) is 21.1. The summed E-state index contributed by atoms with van der Waals surface area (Å²) in [5.74, 6) is 0. The summed E-state index contributed by atoms with van der Waals surface area (Å²) in [6.07, 6.45) is 1.54. The molecule has 0 unspecified atom stereocenters. The Hall–Kier alpha value is -4.16. The zero-order valence-electron chi connectivity index (χ0n) is 17.0. The van der Waals surface area contributed by atoms with Gasteiger partial charge in [-0.15, -0.1) is 0 Å². The molecular weight excluding hydrogens is 428 g/mol. The van der Waals surface area contributed by atoms with Crippen molar-refractivity contribution in [1.29, 1.82) is 5.26 Å². The van der Waals surface area contributed by atoms with Crippen LogP contribution in [0.3, 0.4) is 0 Å². The molecule has 0 spiro atoms. The Kier molecular flexibility index (Phi) is 5.38. The van der Waals surface area contributed by atoms with Gasteiger partial charge in [-0.1, -0.05) is 30.3 Å². The normalized spacial score (nSPS) is 11.2. The van der Waals surface area contributed by atoms with E-state index in [4.69, 9.17) is 0 Å². The van der Waals surface area contributed by atoms with Gasteiger partial charge in [0.25, 0.3) is 15.7 Å². The van der Waals surface area contributed by atoms with E-state index in [1.54, 1.807) is 61.8 Å². The second-order valence-corrected chi connectivity index (χ2v) is 9.06. The molecule has 0 aliphatic rings. The quantitative estimate of drug-likeness (QED) is 0.323. The SMILES string of the molecule is CN(Cc1ccc(S(=O)(=O)n2ccc3ccccc32)cc1)c1ccc([N+](=O)[O-])c(C#N)c1. The number of anilines is 1. The maximum atomic E-state index is 13.1. The Balaban J connectivity index is 1.57. The lowest BCUT2D eigenvalue weighted by Crippen LogP contribution is -2.17. The summed E-state index contributed by atoms with van der Waals surface area (Å²) < 4.78 is 27.4. The molecule has 0 aliphatic heterocycles. The van der Waals surface area contributed by atoms with Crippen molar-refractivity contribution < 1.29 is 13.3 Å². The number of fused-ring (bicyclic) bond motifs is 1. The van der Waals surface area contributed by atoms with E-state index in [1.165, 1.54) is 16.1 Å². The molecule has 4 aromatic rings. The van der Waals surface area contributed by atoms with Crippen molar-refractivity contribution in [2.24, 2.45) is 0 Å². The maximum absolute atomic E-state index is 13.1. The monoisotopic (exact) mass is 446 g/mol. The zero-order valence-corrected chi connectivity index (χ0v) is 17.9. The van der Waals surface area contributed by atoms with E-state index in [-0.39, 0.29) is 16.1 Å². The van der Waals surface area contributed by atoms with Crippen LogP contribution in [0.2, 0.25) is 0 Å². The van der Waals surface area contributed by atoms with Gasteiger partial charge in [0.1, 0.15) is 11.6 Å². The van der Waals surface area contributed by atoms with Gasteiger partial charge in [-0.05, 0) is 42.0 Å². The lowest BCUT2D eigenvalue weighted by Gasteiger charge is -2.20. The van der Waals surface area contributed by atoms with Crippen molar-refractivity contribution >= 4 is 32.3 Å². The third-order valence-electron chi connectivity index (χ3n) is 5.20. The van der Waals surface area contributed by atoms with E-state index in [2.05, 4.69) is 0 Å². The lowest BCUT2D eigenvalue weighted by molar-refractivity contribution is -0.385. The third-order valence-corrected chi connectivity index (χ3v) is 6.91. The molecule has 9 heteroatoms. The number of hydrogen-bond donors (Lipinski definition) is 0. The Labute approximate surface area is 184 Å². The van der Waals surface area contributed by atoms with Crippen molar-refractivity contribution in [2.45, 2.75) is 11.4 Å². The molecule has 0 saturated heterocycles. The molecule has 160 valence electrons. The highest BCUT2D eigenvalue weighted by atomic mass is 32.2. The Morgan fingerprint density at radius 2 is 1.78 bits per heavy atom. The van der Waals surface area contributed by atoms with Gasteiger partial charge in [-0.2, -0.15) is 5.26 Å². The van der Waals surface area contributed by atoms with Crippen molar-refractivity contribution in [3.8, 4) is 6.07 Å². The van der Waals surface area contributed by atoms with Crippen molar-refractivity contribution in [2.75, 3.05) is 11.9 Å². The van der Waals surface area contributed by atoms with Crippen LogP contribution < -0.4 is 4.90 Å². The average molecular weight is 446 g/mol. The highest BCUT2D eigenvalue weighted by molar-refractivity contribution is 7.90. The summed E-state index contributed by atoms with van der Waals surface area (Å²) >= 11 is 0. The molecule has 1 aromatic heterocycles. The van der Waals surface area contributed by atoms with Crippen LogP contribution in [0.1, 0.15) is 11.1 Å². The fourth-order valence-electron chi connectivity index (χ4n) is 3.52. The maximum Gasteiger partial charge on any atom is 0.287 e. The van der Waals surface area contributed by atoms with Gasteiger partial charge in [0, 0.05) is 36.9 Å². The standard InChI is InChI=1S/C23H18N4O4S/c1-25(20-8-11-23(27(28)29)19(14-20)15-24)16-17-6-9-21(10-7-17)32(30,31)26-13-12-18-4-2-3-5-22(18)26/h2-14H,16H2,1H3. The Morgan fingerprint density at radius 3 is 2.47 bits per heavy atom. The van der Waals surface area contributed by atoms with Gasteiger partial charge in [-0.3, -0.25) is 10.1 Å². The molecule has 0 amide bonds. The molecular formula is C23H18N4O4S. The summed E-state index contributed by atoms with van der Waals surface area (Å²) in [6.45, 7) is 0.426. The number of nitriles is 1. The molecule has 0 aliphatic carbocycles. The van der Waals surface area contributed by atoms with Crippen LogP contribution in [0, 0.1) is 21.4 Å². The van der Waals surface area contributed by atoms with E-state index in [0.29, 0.717) is 17.7 Å². The molecule has 0 atom stereocenters. The van der Waals surface area contributed by atoms with Crippen molar-refractivity contribution in [3.63, 3.8) is 0 Å². The Morgan fingerprint density at radius 1 is 1.06 bits per heavy atom. The molecule has 0 saturated carbocycles. The number of nitro benzene ring substituents is 1. The van der Waals surface area contributed by atoms with E-state index in [1.807, 2.05) is 23.1 Å². The molecule has 0 N–H and O–H groups in total. The van der Waals surface area contributed by atoms with Gasteiger partial charge in [0.15, 0.2) is 0 Å². The molecule has 0 bridgehead atoms. The first-order valence-corrected chi connectivity index (χ1v) is 11.1. The van der Waals surface area contributed by atoms with Gasteiger partial charge in [0.2, 0.25) is 0 Å². The highest BCUT2D eigenvalue weighted by Gasteiger charge is 2.19. The topological polar surface area (TPSA) is 109 Å². The molecule has 0 fully saturated rings. The highest BCUT2D eigenvalue weighted by Crippen LogP contribution is 2.26. The predicted octanol–water partition coefficient (Wildman–Crippen LogP) is 4.29.